The molecule has 0 N–H and O–H groups in total. The van der Waals surface area contributed by atoms with E-state index in [2.05, 4.69) is 82.9 Å². The van der Waals surface area contributed by atoms with Gasteiger partial charge in [-0.3, -0.25) is 0 Å². The Balaban J connectivity index is 1.40. The molecule has 6 heterocycles. The van der Waals surface area contributed by atoms with Crippen LogP contribution in [-0.4, -0.2) is 0 Å². The molecule has 7 rings (SSSR count). The Morgan fingerprint density at radius 3 is 1.56 bits per heavy atom. The van der Waals surface area contributed by atoms with Gasteiger partial charge in [0.2, 0.25) is 0 Å². The molecule has 39 heavy (non-hydrogen) atoms. The number of allylic oxidation sites excluding steroid dienone is 1. The second kappa shape index (κ2) is 11.2. The van der Waals surface area contributed by atoms with Gasteiger partial charge in [0, 0.05) is 61.0 Å². The molecule has 194 valence electrons. The van der Waals surface area contributed by atoms with Gasteiger partial charge in [-0.25, -0.2) is 0 Å². The van der Waals surface area contributed by atoms with Crippen molar-refractivity contribution >= 4 is 108 Å². The molecule has 0 aliphatic carbocycles. The van der Waals surface area contributed by atoms with Crippen molar-refractivity contribution in [3.05, 3.63) is 108 Å². The molecule has 0 nitrogen and oxygen atoms in total. The van der Waals surface area contributed by atoms with Crippen LogP contribution < -0.4 is 0 Å². The summed E-state index contributed by atoms with van der Waals surface area (Å²) in [5.41, 5.74) is 2.59. The topological polar surface area (TPSA) is 0 Å². The van der Waals surface area contributed by atoms with Crippen LogP contribution in [0.1, 0.15) is 22.1 Å². The Bertz CT molecular complexity index is 1690. The molecule has 0 radical (unpaired) electrons. The van der Waals surface area contributed by atoms with Crippen molar-refractivity contribution in [2.24, 2.45) is 0 Å². The van der Waals surface area contributed by atoms with E-state index in [0.717, 1.165) is 37.8 Å². The summed E-state index contributed by atoms with van der Waals surface area (Å²) in [5.74, 6) is 0. The van der Waals surface area contributed by atoms with Gasteiger partial charge in [-0.2, -0.15) is 0 Å². The number of halogens is 3. The summed E-state index contributed by atoms with van der Waals surface area (Å²) in [6, 6.07) is 21.3. The average molecular weight is 676 g/mol. The summed E-state index contributed by atoms with van der Waals surface area (Å²) < 4.78 is 0. The minimum atomic E-state index is 0.369. The number of hydrogen-bond acceptors (Lipinski definition) is 6. The van der Waals surface area contributed by atoms with Crippen LogP contribution in [-0.2, 0) is 0 Å². The maximum atomic E-state index is 7.28. The standard InChI is InChI=1S/C30H17Cl3S6/c31-28-25(22-10-7-19(37-22)16-4-1-13-34-16)29(32)27(24-12-9-21(39-24)18-6-3-15-36-18)30(33)26(28)23-11-8-20(38-23)17-5-2-14-35-17/h1-8,10-15,21H,9H2. The maximum absolute atomic E-state index is 7.28. The fourth-order valence-corrected chi connectivity index (χ4v) is 12.3. The zero-order chi connectivity index (χ0) is 26.5. The first kappa shape index (κ1) is 26.6. The predicted octanol–water partition coefficient (Wildman–Crippen LogP) is 13.8. The third-order valence-corrected chi connectivity index (χ3v) is 14.4. The Morgan fingerprint density at radius 2 is 1.05 bits per heavy atom. The number of benzene rings is 1. The summed E-state index contributed by atoms with van der Waals surface area (Å²) in [6.45, 7) is 0. The highest BCUT2D eigenvalue weighted by atomic mass is 35.5. The molecule has 0 spiro atoms. The molecule has 0 bridgehead atoms. The zero-order valence-corrected chi connectivity index (χ0v) is 27.1. The van der Waals surface area contributed by atoms with Gasteiger partial charge < -0.3 is 0 Å². The lowest BCUT2D eigenvalue weighted by Gasteiger charge is -2.19. The first-order valence-corrected chi connectivity index (χ1v) is 18.3. The fraction of sp³-hybridized carbons (Fsp3) is 0.0667. The van der Waals surface area contributed by atoms with Crippen molar-refractivity contribution in [1.29, 1.82) is 0 Å². The average Bonchev–Trinajstić information content (AvgIpc) is 3.78. The quantitative estimate of drug-likeness (QED) is 0.169. The van der Waals surface area contributed by atoms with Crippen molar-refractivity contribution < 1.29 is 0 Å². The number of rotatable bonds is 6. The molecule has 1 aromatic carbocycles. The molecule has 0 fully saturated rings. The van der Waals surface area contributed by atoms with E-state index in [0.29, 0.717) is 20.3 Å². The van der Waals surface area contributed by atoms with E-state index in [1.165, 1.54) is 24.4 Å². The van der Waals surface area contributed by atoms with Crippen molar-refractivity contribution in [1.82, 2.24) is 0 Å². The first-order chi connectivity index (χ1) is 19.1. The van der Waals surface area contributed by atoms with Crippen LogP contribution in [0.2, 0.25) is 15.1 Å². The minimum Gasteiger partial charge on any atom is -0.148 e. The monoisotopic (exact) mass is 674 g/mol. The molecule has 1 aliphatic heterocycles. The molecule has 0 amide bonds. The lowest BCUT2D eigenvalue weighted by molar-refractivity contribution is 1.02. The highest BCUT2D eigenvalue weighted by molar-refractivity contribution is 8.08. The van der Waals surface area contributed by atoms with E-state index >= 15 is 0 Å². The smallest absolute Gasteiger partial charge is 0.0609 e. The third-order valence-electron chi connectivity index (χ3n) is 6.44. The first-order valence-electron chi connectivity index (χ1n) is 12.0. The summed E-state index contributed by atoms with van der Waals surface area (Å²) in [6.07, 6.45) is 3.23. The van der Waals surface area contributed by atoms with Crippen molar-refractivity contribution in [2.45, 2.75) is 11.7 Å². The lowest BCUT2D eigenvalue weighted by atomic mass is 10.0. The second-order valence-electron chi connectivity index (χ2n) is 8.78. The molecule has 0 saturated heterocycles. The van der Waals surface area contributed by atoms with E-state index in [-0.39, 0.29) is 0 Å². The number of thiophene rings is 5. The predicted molar refractivity (Wildman–Crippen MR) is 182 cm³/mol. The van der Waals surface area contributed by atoms with Crippen LogP contribution in [0.15, 0.2) is 82.9 Å². The highest BCUT2D eigenvalue weighted by Gasteiger charge is 2.30. The number of hydrogen-bond donors (Lipinski definition) is 0. The Morgan fingerprint density at radius 1 is 0.538 bits per heavy atom. The van der Waals surface area contributed by atoms with Crippen LogP contribution in [0.4, 0.5) is 0 Å². The molecule has 0 saturated carbocycles. The molecular formula is C30H17Cl3S6. The largest absolute Gasteiger partial charge is 0.148 e. The van der Waals surface area contributed by atoms with Crippen LogP contribution in [0.25, 0.3) is 45.3 Å². The SMILES string of the molecule is Clc1c(C2=CCC(c3cccs3)S2)c(Cl)c(-c2ccc(-c3cccs3)s2)c(Cl)c1-c1ccc(-c2cccs2)s1. The summed E-state index contributed by atoms with van der Waals surface area (Å²) in [5, 5.41) is 8.55. The fourth-order valence-electron chi connectivity index (χ4n) is 4.63. The normalized spacial score (nSPS) is 15.3. The van der Waals surface area contributed by atoms with Gasteiger partial charge in [-0.15, -0.1) is 68.4 Å². The summed E-state index contributed by atoms with van der Waals surface area (Å²) in [7, 11) is 0. The summed E-state index contributed by atoms with van der Waals surface area (Å²) in [4.78, 5) is 9.45. The van der Waals surface area contributed by atoms with Gasteiger partial charge in [0.1, 0.15) is 0 Å². The van der Waals surface area contributed by atoms with Gasteiger partial charge in [0.15, 0.2) is 0 Å². The van der Waals surface area contributed by atoms with Gasteiger partial charge >= 0.3 is 0 Å². The van der Waals surface area contributed by atoms with Crippen molar-refractivity contribution in [2.75, 3.05) is 0 Å². The summed E-state index contributed by atoms with van der Waals surface area (Å²) >= 11 is 32.4. The van der Waals surface area contributed by atoms with Crippen LogP contribution >= 0.6 is 103 Å². The molecule has 1 unspecified atom stereocenters. The highest BCUT2D eigenvalue weighted by Crippen LogP contribution is 2.58. The molecule has 5 aromatic heterocycles. The van der Waals surface area contributed by atoms with Gasteiger partial charge in [-0.1, -0.05) is 59.1 Å². The van der Waals surface area contributed by atoms with E-state index in [1.54, 1.807) is 56.7 Å². The van der Waals surface area contributed by atoms with E-state index < -0.39 is 0 Å². The zero-order valence-electron chi connectivity index (χ0n) is 20.0. The van der Waals surface area contributed by atoms with Gasteiger partial charge in [0.25, 0.3) is 0 Å². The third kappa shape index (κ3) is 4.92. The Labute approximate surface area is 266 Å². The molecular weight excluding hydrogens is 659 g/mol. The molecule has 1 atom stereocenters. The van der Waals surface area contributed by atoms with Crippen molar-refractivity contribution in [3.8, 4) is 40.4 Å². The van der Waals surface area contributed by atoms with E-state index in [9.17, 15) is 0 Å². The Kier molecular flexibility index (Phi) is 7.60. The Hall–Kier alpha value is -1.32. The van der Waals surface area contributed by atoms with Crippen molar-refractivity contribution in [3.63, 3.8) is 0 Å². The van der Waals surface area contributed by atoms with Crippen LogP contribution in [0, 0.1) is 0 Å². The van der Waals surface area contributed by atoms with Gasteiger partial charge in [0.05, 0.1) is 15.1 Å². The maximum Gasteiger partial charge on any atom is 0.0609 e. The van der Waals surface area contributed by atoms with E-state index in [1.807, 2.05) is 11.8 Å². The minimum absolute atomic E-state index is 0.369. The molecule has 1 aliphatic rings. The van der Waals surface area contributed by atoms with Gasteiger partial charge in [-0.05, 0) is 65.0 Å². The van der Waals surface area contributed by atoms with Crippen LogP contribution in [0.3, 0.4) is 0 Å². The number of thioether (sulfide) groups is 1. The van der Waals surface area contributed by atoms with E-state index in [4.69, 9.17) is 34.8 Å². The molecule has 6 aromatic rings. The molecule has 9 heteroatoms. The lowest BCUT2D eigenvalue weighted by Crippen LogP contribution is -1.93. The second-order valence-corrected chi connectivity index (χ2v) is 16.2. The van der Waals surface area contributed by atoms with Crippen LogP contribution in [0.5, 0.6) is 0 Å².